The van der Waals surface area contributed by atoms with Crippen LogP contribution >= 0.6 is 11.3 Å². The molecule has 3 heterocycles. The first-order valence-corrected chi connectivity index (χ1v) is 36.3. The van der Waals surface area contributed by atoms with E-state index in [1.807, 2.05) is 11.3 Å². The van der Waals surface area contributed by atoms with E-state index in [1.54, 1.807) is 0 Å². The van der Waals surface area contributed by atoms with Crippen molar-refractivity contribution in [1.29, 1.82) is 0 Å². The molecule has 5 heteroatoms. The predicted molar refractivity (Wildman–Crippen MR) is 418 cm³/mol. The van der Waals surface area contributed by atoms with Crippen LogP contribution in [0.4, 0.5) is 51.2 Å². The van der Waals surface area contributed by atoms with Crippen molar-refractivity contribution in [3.8, 4) is 0 Å². The molecule has 0 saturated heterocycles. The quantitative estimate of drug-likeness (QED) is 0.159. The fourth-order valence-corrected chi connectivity index (χ4v) is 19.9. The highest BCUT2D eigenvalue weighted by Gasteiger charge is 2.52. The molecule has 1 aromatic heterocycles. The highest BCUT2D eigenvalue weighted by atomic mass is 32.1. The summed E-state index contributed by atoms with van der Waals surface area (Å²) in [5.74, 6) is 0. The zero-order valence-corrected chi connectivity index (χ0v) is 60.9. The van der Waals surface area contributed by atoms with Crippen molar-refractivity contribution >= 4 is 106 Å². The number of thiophene rings is 1. The third kappa shape index (κ3) is 8.65. The summed E-state index contributed by atoms with van der Waals surface area (Å²) in [6.45, 7) is 43.4. The molecule has 17 rings (SSSR count). The van der Waals surface area contributed by atoms with Crippen LogP contribution in [0.5, 0.6) is 0 Å². The molecule has 0 saturated carbocycles. The maximum absolute atomic E-state index is 2.75. The van der Waals surface area contributed by atoms with Crippen molar-refractivity contribution in [3.63, 3.8) is 0 Å². The highest BCUT2D eigenvalue weighted by molar-refractivity contribution is 7.26. The molecule has 97 heavy (non-hydrogen) atoms. The first-order chi connectivity index (χ1) is 45.9. The molecule has 0 N–H and O–H groups in total. The summed E-state index contributed by atoms with van der Waals surface area (Å²) in [6.07, 6.45) is 0. The van der Waals surface area contributed by atoms with E-state index < -0.39 is 0 Å². The summed E-state index contributed by atoms with van der Waals surface area (Å²) in [6, 6.07) is 86.6. The van der Waals surface area contributed by atoms with E-state index in [0.717, 1.165) is 22.7 Å². The number of nitrogens with zero attached hydrogens (tertiary/aromatic N) is 3. The Hall–Kier alpha value is -8.90. The molecule has 0 unspecified atom stereocenters. The van der Waals surface area contributed by atoms with E-state index in [2.05, 4.69) is 358 Å². The standard InChI is InChI=1S/C92H90BN3S/c1-85(2,3)55-38-42-57(43-39-55)94(58-44-40-56(41-45-58)86(4,5)6)60-49-79-84-80(50-60)96(76-35-27-37-82-83(76)61-28-19-26-36-81(61)97-82)78-54-73-71(90(13,14)65-32-23-25-34-67(65)92(73,17)18)52-75(78)93(84)74-51-70-72(91(15,16)66-33-24-22-31-64(66)89(70,11)12)53-77(74)95(79)59-46-47-68-69(48-59)88(9,10)63-30-21-20-29-62(63)87(68,7)8/h19-54H,1-18H3. The lowest BCUT2D eigenvalue weighted by molar-refractivity contribution is 0.520. The second-order valence-electron chi connectivity index (χ2n) is 34.2. The Morgan fingerprint density at radius 2 is 0.680 bits per heavy atom. The van der Waals surface area contributed by atoms with E-state index >= 15 is 0 Å². The van der Waals surface area contributed by atoms with Crippen LogP contribution in [0.3, 0.4) is 0 Å². The summed E-state index contributed by atoms with van der Waals surface area (Å²) in [7, 11) is 0. The molecule has 0 fully saturated rings. The van der Waals surface area contributed by atoms with Crippen LogP contribution in [0, 0.1) is 0 Å². The van der Waals surface area contributed by atoms with Gasteiger partial charge in [0.15, 0.2) is 0 Å². The van der Waals surface area contributed by atoms with Gasteiger partial charge < -0.3 is 14.7 Å². The Bertz CT molecular complexity index is 5270. The van der Waals surface area contributed by atoms with Crippen LogP contribution in [0.25, 0.3) is 20.2 Å². The minimum absolute atomic E-state index is 0.0335. The van der Waals surface area contributed by atoms with Crippen molar-refractivity contribution in [3.05, 3.63) is 296 Å². The van der Waals surface area contributed by atoms with Crippen molar-refractivity contribution < 1.29 is 0 Å². The third-order valence-corrected chi connectivity index (χ3v) is 25.5. The second-order valence-corrected chi connectivity index (χ2v) is 35.3. The van der Waals surface area contributed by atoms with E-state index in [1.165, 1.54) is 143 Å². The molecule has 5 aliphatic rings. The lowest BCUT2D eigenvalue weighted by Gasteiger charge is -2.50. The van der Waals surface area contributed by atoms with Gasteiger partial charge in [-0.1, -0.05) is 264 Å². The highest BCUT2D eigenvalue weighted by Crippen LogP contribution is 2.59. The Kier molecular flexibility index (Phi) is 12.9. The normalized spacial score (nSPS) is 17.4. The summed E-state index contributed by atoms with van der Waals surface area (Å²) in [4.78, 5) is 8.06. The smallest absolute Gasteiger partial charge is 0.252 e. The monoisotopic (exact) mass is 1280 g/mol. The minimum atomic E-state index is -0.318. The Morgan fingerprint density at radius 3 is 1.13 bits per heavy atom. The first-order valence-electron chi connectivity index (χ1n) is 35.4. The molecule has 0 radical (unpaired) electrons. The van der Waals surface area contributed by atoms with E-state index in [9.17, 15) is 0 Å². The molecular weight excluding hydrogens is 1190 g/mol. The second kappa shape index (κ2) is 20.4. The SMILES string of the molecule is CC(C)(C)c1ccc(N(c2ccc(C(C)(C)C)cc2)c2cc3c4c(c2)N(c2cccc5sc6ccccc6c25)c2cc5c(cc2B4c2cc4c(cc2N3c2ccc3c(c2)C(C)(C)c2ccccc2C3(C)C)C(C)(C)c2ccccc2C4(C)C)C(C)(C)c2ccccc2C5(C)C)cc1. The molecule has 0 amide bonds. The molecule has 0 spiro atoms. The molecule has 0 atom stereocenters. The van der Waals surface area contributed by atoms with Crippen molar-refractivity contribution in [1.82, 2.24) is 0 Å². The Morgan fingerprint density at radius 1 is 0.309 bits per heavy atom. The lowest BCUT2D eigenvalue weighted by Crippen LogP contribution is -2.62. The van der Waals surface area contributed by atoms with Crippen LogP contribution in [-0.4, -0.2) is 6.71 Å². The fourth-order valence-electron chi connectivity index (χ4n) is 18.7. The Balaban J connectivity index is 1.06. The summed E-state index contributed by atoms with van der Waals surface area (Å²) >= 11 is 1.90. The molecule has 12 aromatic rings. The average Bonchev–Trinajstić information content (AvgIpc) is 0.894. The van der Waals surface area contributed by atoms with E-state index in [4.69, 9.17) is 0 Å². The van der Waals surface area contributed by atoms with Gasteiger partial charge in [-0.2, -0.15) is 0 Å². The van der Waals surface area contributed by atoms with Crippen LogP contribution in [-0.2, 0) is 43.3 Å². The van der Waals surface area contributed by atoms with E-state index in [-0.39, 0.29) is 50.0 Å². The van der Waals surface area contributed by atoms with Crippen molar-refractivity contribution in [2.24, 2.45) is 0 Å². The molecule has 3 nitrogen and oxygen atoms in total. The van der Waals surface area contributed by atoms with Crippen LogP contribution in [0.15, 0.2) is 218 Å². The van der Waals surface area contributed by atoms with Gasteiger partial charge >= 0.3 is 0 Å². The minimum Gasteiger partial charge on any atom is -0.311 e. The summed E-state index contributed by atoms with van der Waals surface area (Å²) in [5, 5.41) is 2.57. The van der Waals surface area contributed by atoms with Crippen LogP contribution in [0.2, 0.25) is 0 Å². The molecular formula is C92H90BN3S. The van der Waals surface area contributed by atoms with Gasteiger partial charge in [-0.15, -0.1) is 11.3 Å². The average molecular weight is 1280 g/mol. The van der Waals surface area contributed by atoms with Crippen LogP contribution in [0.1, 0.15) is 203 Å². The summed E-state index contributed by atoms with van der Waals surface area (Å²) in [5.41, 5.74) is 32.0. The van der Waals surface area contributed by atoms with Gasteiger partial charge in [0.1, 0.15) is 0 Å². The number of anilines is 9. The number of hydrogen-bond acceptors (Lipinski definition) is 4. The lowest BCUT2D eigenvalue weighted by atomic mass is 9.32. The molecule has 11 aromatic carbocycles. The van der Waals surface area contributed by atoms with Crippen molar-refractivity contribution in [2.75, 3.05) is 14.7 Å². The number of fused-ring (bicyclic) bond motifs is 13. The van der Waals surface area contributed by atoms with Gasteiger partial charge in [0.2, 0.25) is 0 Å². The predicted octanol–water partition coefficient (Wildman–Crippen LogP) is 23.1. The number of benzene rings is 11. The molecule has 0 bridgehead atoms. The summed E-state index contributed by atoms with van der Waals surface area (Å²) < 4.78 is 2.58. The van der Waals surface area contributed by atoms with Gasteiger partial charge in [0.05, 0.1) is 11.4 Å². The maximum Gasteiger partial charge on any atom is 0.252 e. The number of rotatable bonds is 5. The van der Waals surface area contributed by atoms with E-state index in [0.29, 0.717) is 0 Å². The van der Waals surface area contributed by atoms with Gasteiger partial charge in [0, 0.05) is 92.5 Å². The van der Waals surface area contributed by atoms with Gasteiger partial charge in [-0.25, -0.2) is 0 Å². The zero-order valence-electron chi connectivity index (χ0n) is 60.1. The molecule has 3 aliphatic carbocycles. The van der Waals surface area contributed by atoms with Gasteiger partial charge in [0.25, 0.3) is 6.71 Å². The maximum atomic E-state index is 2.75. The van der Waals surface area contributed by atoms with Crippen molar-refractivity contribution in [2.45, 2.75) is 168 Å². The largest absolute Gasteiger partial charge is 0.311 e. The van der Waals surface area contributed by atoms with Crippen LogP contribution < -0.4 is 31.1 Å². The van der Waals surface area contributed by atoms with Gasteiger partial charge in [-0.05, 0) is 184 Å². The zero-order chi connectivity index (χ0) is 67.8. The molecule has 482 valence electrons. The Labute approximate surface area is 581 Å². The number of hydrogen-bond donors (Lipinski definition) is 0. The first kappa shape index (κ1) is 61.7. The third-order valence-electron chi connectivity index (χ3n) is 24.3. The molecule has 2 aliphatic heterocycles. The fraction of sp³-hybridized carbons (Fsp3) is 0.283. The topological polar surface area (TPSA) is 9.72 Å². The van der Waals surface area contributed by atoms with Gasteiger partial charge in [-0.3, -0.25) is 0 Å².